The van der Waals surface area contributed by atoms with Crippen molar-refractivity contribution in [3.8, 4) is 0 Å². The fraction of sp³-hybridized carbons (Fsp3) is 0.188. The molecule has 0 saturated heterocycles. The van der Waals surface area contributed by atoms with Crippen LogP contribution in [-0.4, -0.2) is 4.98 Å². The summed E-state index contributed by atoms with van der Waals surface area (Å²) in [5.41, 5.74) is 2.29. The number of rotatable bonds is 4. The average Bonchev–Trinajstić information content (AvgIpc) is 2.99. The fourth-order valence-electron chi connectivity index (χ4n) is 2.21. The molecular formula is C16H16N2O. The minimum Gasteiger partial charge on any atom is -0.468 e. The number of para-hydroxylation sites is 1. The van der Waals surface area contributed by atoms with Gasteiger partial charge in [0.1, 0.15) is 5.76 Å². The molecule has 0 aliphatic heterocycles. The first-order valence-electron chi connectivity index (χ1n) is 6.44. The minimum atomic E-state index is 0.196. The van der Waals surface area contributed by atoms with Crippen LogP contribution >= 0.6 is 0 Å². The summed E-state index contributed by atoms with van der Waals surface area (Å²) in [7, 11) is 0. The van der Waals surface area contributed by atoms with Gasteiger partial charge in [-0.05, 0) is 36.8 Å². The topological polar surface area (TPSA) is 38.1 Å². The van der Waals surface area contributed by atoms with Gasteiger partial charge < -0.3 is 9.73 Å². The van der Waals surface area contributed by atoms with E-state index in [2.05, 4.69) is 29.4 Å². The quantitative estimate of drug-likeness (QED) is 0.769. The number of hydrogen-bond acceptors (Lipinski definition) is 3. The number of furan rings is 1. The van der Waals surface area contributed by atoms with E-state index in [-0.39, 0.29) is 6.04 Å². The van der Waals surface area contributed by atoms with E-state index in [1.807, 2.05) is 36.5 Å². The Balaban J connectivity index is 1.79. The zero-order chi connectivity index (χ0) is 13.1. The van der Waals surface area contributed by atoms with Crippen LogP contribution in [-0.2, 0) is 6.54 Å². The van der Waals surface area contributed by atoms with E-state index in [9.17, 15) is 0 Å². The van der Waals surface area contributed by atoms with E-state index in [1.54, 1.807) is 6.26 Å². The zero-order valence-corrected chi connectivity index (χ0v) is 10.8. The first-order valence-corrected chi connectivity index (χ1v) is 6.44. The molecule has 0 fully saturated rings. The second-order valence-electron chi connectivity index (χ2n) is 4.61. The lowest BCUT2D eigenvalue weighted by Gasteiger charge is -2.12. The maximum Gasteiger partial charge on any atom is 0.120 e. The normalized spacial score (nSPS) is 12.7. The Morgan fingerprint density at radius 2 is 2.05 bits per heavy atom. The Hall–Kier alpha value is -2.13. The van der Waals surface area contributed by atoms with E-state index < -0.39 is 0 Å². The van der Waals surface area contributed by atoms with Crippen LogP contribution in [0.4, 0.5) is 0 Å². The van der Waals surface area contributed by atoms with Gasteiger partial charge in [-0.25, -0.2) is 0 Å². The highest BCUT2D eigenvalue weighted by Crippen LogP contribution is 2.18. The highest BCUT2D eigenvalue weighted by molar-refractivity contribution is 5.81. The lowest BCUT2D eigenvalue weighted by Crippen LogP contribution is -2.17. The first-order chi connectivity index (χ1) is 9.34. The van der Waals surface area contributed by atoms with E-state index in [0.717, 1.165) is 17.8 Å². The molecule has 19 heavy (non-hydrogen) atoms. The monoisotopic (exact) mass is 252 g/mol. The van der Waals surface area contributed by atoms with E-state index in [0.29, 0.717) is 0 Å². The Morgan fingerprint density at radius 1 is 1.16 bits per heavy atom. The molecule has 3 rings (SSSR count). The molecule has 96 valence electrons. The van der Waals surface area contributed by atoms with Crippen molar-refractivity contribution in [2.75, 3.05) is 0 Å². The molecule has 0 bridgehead atoms. The average molecular weight is 252 g/mol. The van der Waals surface area contributed by atoms with Gasteiger partial charge in [-0.3, -0.25) is 4.98 Å². The molecule has 1 unspecified atom stereocenters. The number of hydrogen-bond donors (Lipinski definition) is 1. The lowest BCUT2D eigenvalue weighted by atomic mass is 10.1. The molecule has 2 aromatic heterocycles. The smallest absolute Gasteiger partial charge is 0.120 e. The molecule has 0 spiro atoms. The molecule has 3 heteroatoms. The molecule has 3 nitrogen and oxygen atoms in total. The highest BCUT2D eigenvalue weighted by Gasteiger charge is 2.08. The van der Waals surface area contributed by atoms with Crippen molar-refractivity contribution < 1.29 is 4.42 Å². The molecule has 0 radical (unpaired) electrons. The summed E-state index contributed by atoms with van der Waals surface area (Å²) in [6.45, 7) is 2.90. The van der Waals surface area contributed by atoms with Gasteiger partial charge in [0, 0.05) is 18.1 Å². The minimum absolute atomic E-state index is 0.196. The van der Waals surface area contributed by atoms with Crippen molar-refractivity contribution >= 4 is 10.9 Å². The van der Waals surface area contributed by atoms with Crippen molar-refractivity contribution in [1.82, 2.24) is 10.3 Å². The first kappa shape index (κ1) is 11.9. The van der Waals surface area contributed by atoms with Crippen LogP contribution in [0.3, 0.4) is 0 Å². The predicted molar refractivity (Wildman–Crippen MR) is 75.7 cm³/mol. The number of aromatic nitrogens is 1. The van der Waals surface area contributed by atoms with E-state index in [4.69, 9.17) is 4.42 Å². The molecule has 1 aromatic carbocycles. The summed E-state index contributed by atoms with van der Waals surface area (Å²) in [6.07, 6.45) is 3.56. The summed E-state index contributed by atoms with van der Waals surface area (Å²) in [6, 6.07) is 14.4. The van der Waals surface area contributed by atoms with Crippen LogP contribution in [0.1, 0.15) is 24.3 Å². The molecule has 0 aliphatic carbocycles. The van der Waals surface area contributed by atoms with Gasteiger partial charge in [0.25, 0.3) is 0 Å². The van der Waals surface area contributed by atoms with Crippen LogP contribution in [0.25, 0.3) is 10.9 Å². The molecule has 3 aromatic rings. The number of benzene rings is 1. The highest BCUT2D eigenvalue weighted by atomic mass is 16.3. The summed E-state index contributed by atoms with van der Waals surface area (Å²) < 4.78 is 5.40. The third-order valence-electron chi connectivity index (χ3n) is 3.31. The molecule has 0 saturated carbocycles. The molecular weight excluding hydrogens is 236 g/mol. The van der Waals surface area contributed by atoms with E-state index >= 15 is 0 Å². The van der Waals surface area contributed by atoms with Crippen LogP contribution in [0, 0.1) is 0 Å². The van der Waals surface area contributed by atoms with Crippen LogP contribution < -0.4 is 5.32 Å². The summed E-state index contributed by atoms with van der Waals surface area (Å²) in [5.74, 6) is 0.957. The molecule has 1 atom stereocenters. The largest absolute Gasteiger partial charge is 0.468 e. The molecule has 0 amide bonds. The van der Waals surface area contributed by atoms with Gasteiger partial charge in [-0.1, -0.05) is 18.2 Å². The van der Waals surface area contributed by atoms with Gasteiger partial charge in [0.05, 0.1) is 17.8 Å². The second kappa shape index (κ2) is 5.24. The second-order valence-corrected chi connectivity index (χ2v) is 4.61. The summed E-state index contributed by atoms with van der Waals surface area (Å²) in [5, 5.41) is 4.67. The molecule has 1 N–H and O–H groups in total. The van der Waals surface area contributed by atoms with Gasteiger partial charge in [0.15, 0.2) is 0 Å². The Morgan fingerprint density at radius 3 is 2.89 bits per heavy atom. The van der Waals surface area contributed by atoms with Crippen molar-refractivity contribution in [1.29, 1.82) is 0 Å². The SMILES string of the molecule is CC(NCc1ccnc2ccccc12)c1ccco1. The van der Waals surface area contributed by atoms with Gasteiger partial charge >= 0.3 is 0 Å². The number of fused-ring (bicyclic) bond motifs is 1. The maximum atomic E-state index is 5.40. The standard InChI is InChI=1S/C16H16N2O/c1-12(16-7-4-10-19-16)18-11-13-8-9-17-15-6-3-2-5-14(13)15/h2-10,12,18H,11H2,1H3. The molecule has 0 aliphatic rings. The van der Waals surface area contributed by atoms with Gasteiger partial charge in [-0.15, -0.1) is 0 Å². The maximum absolute atomic E-state index is 5.40. The van der Waals surface area contributed by atoms with Crippen molar-refractivity contribution in [2.24, 2.45) is 0 Å². The number of pyridine rings is 1. The van der Waals surface area contributed by atoms with Gasteiger partial charge in [-0.2, -0.15) is 0 Å². The summed E-state index contributed by atoms with van der Waals surface area (Å²) >= 11 is 0. The Kier molecular flexibility index (Phi) is 3.29. The third kappa shape index (κ3) is 2.51. The van der Waals surface area contributed by atoms with Crippen molar-refractivity contribution in [2.45, 2.75) is 19.5 Å². The third-order valence-corrected chi connectivity index (χ3v) is 3.31. The van der Waals surface area contributed by atoms with Crippen molar-refractivity contribution in [3.05, 3.63) is 66.2 Å². The number of nitrogens with zero attached hydrogens (tertiary/aromatic N) is 1. The molecule has 2 heterocycles. The Bertz CT molecular complexity index is 656. The van der Waals surface area contributed by atoms with Crippen LogP contribution in [0.15, 0.2) is 59.3 Å². The van der Waals surface area contributed by atoms with E-state index in [1.165, 1.54) is 10.9 Å². The number of nitrogens with one attached hydrogen (secondary N) is 1. The Labute approximate surface area is 112 Å². The van der Waals surface area contributed by atoms with Gasteiger partial charge in [0.2, 0.25) is 0 Å². The van der Waals surface area contributed by atoms with Crippen LogP contribution in [0.5, 0.6) is 0 Å². The summed E-state index contributed by atoms with van der Waals surface area (Å²) in [4.78, 5) is 4.37. The van der Waals surface area contributed by atoms with Crippen molar-refractivity contribution in [3.63, 3.8) is 0 Å². The van der Waals surface area contributed by atoms with Crippen LogP contribution in [0.2, 0.25) is 0 Å². The predicted octanol–water partition coefficient (Wildman–Crippen LogP) is 3.68. The fourth-order valence-corrected chi connectivity index (χ4v) is 2.21. The lowest BCUT2D eigenvalue weighted by molar-refractivity contribution is 0.430. The zero-order valence-electron chi connectivity index (χ0n) is 10.8.